The first-order valence-electron chi connectivity index (χ1n) is 8.40. The summed E-state index contributed by atoms with van der Waals surface area (Å²) in [6.07, 6.45) is 0.298. The number of aliphatic hydroxyl groups excluding tert-OH is 1. The molecule has 0 saturated heterocycles. The Morgan fingerprint density at radius 2 is 1.77 bits per heavy atom. The van der Waals surface area contributed by atoms with Crippen LogP contribution in [-0.2, 0) is 16.0 Å². The van der Waals surface area contributed by atoms with Crippen LogP contribution in [0.4, 0.5) is 10.5 Å². The standard InChI is InChI=1S/C20H24N2O4/c1-22(20(25)26-2)14-19(24)21-17-11-8-15(9-12-17)10-13-18(23)16-6-4-3-5-7-16/h3-9,11-12,18,23H,10,13-14H2,1-2H3,(H,21,24)/t18-/m0/s1. The molecule has 2 aromatic rings. The highest BCUT2D eigenvalue weighted by molar-refractivity contribution is 5.93. The molecular formula is C20H24N2O4. The summed E-state index contributed by atoms with van der Waals surface area (Å²) in [4.78, 5) is 24.4. The predicted molar refractivity (Wildman–Crippen MR) is 99.8 cm³/mol. The van der Waals surface area contributed by atoms with E-state index in [0.717, 1.165) is 17.5 Å². The summed E-state index contributed by atoms with van der Waals surface area (Å²) in [6.45, 7) is -0.0856. The van der Waals surface area contributed by atoms with E-state index in [-0.39, 0.29) is 12.5 Å². The van der Waals surface area contributed by atoms with Crippen LogP contribution in [0, 0.1) is 0 Å². The number of aryl methyl sites for hydroxylation is 1. The number of hydrogen-bond donors (Lipinski definition) is 2. The molecule has 0 spiro atoms. The monoisotopic (exact) mass is 356 g/mol. The normalized spacial score (nSPS) is 11.5. The summed E-state index contributed by atoms with van der Waals surface area (Å²) in [5.41, 5.74) is 2.64. The summed E-state index contributed by atoms with van der Waals surface area (Å²) in [5, 5.41) is 12.9. The number of methoxy groups -OCH3 is 1. The van der Waals surface area contributed by atoms with Gasteiger partial charge in [0.2, 0.25) is 5.91 Å². The van der Waals surface area contributed by atoms with E-state index in [4.69, 9.17) is 0 Å². The molecule has 0 aliphatic heterocycles. The number of hydrogen-bond acceptors (Lipinski definition) is 4. The first kappa shape index (κ1) is 19.5. The molecule has 2 rings (SSSR count). The second-order valence-electron chi connectivity index (χ2n) is 6.04. The lowest BCUT2D eigenvalue weighted by Crippen LogP contribution is -2.34. The highest BCUT2D eigenvalue weighted by Crippen LogP contribution is 2.19. The van der Waals surface area contributed by atoms with Crippen molar-refractivity contribution in [3.63, 3.8) is 0 Å². The van der Waals surface area contributed by atoms with E-state index in [0.29, 0.717) is 12.1 Å². The third-order valence-corrected chi connectivity index (χ3v) is 4.00. The largest absolute Gasteiger partial charge is 0.453 e. The number of carbonyl (C=O) groups excluding carboxylic acids is 2. The van der Waals surface area contributed by atoms with Crippen molar-refractivity contribution in [1.29, 1.82) is 0 Å². The third-order valence-electron chi connectivity index (χ3n) is 4.00. The number of carbonyl (C=O) groups is 2. The second-order valence-corrected chi connectivity index (χ2v) is 6.04. The van der Waals surface area contributed by atoms with Crippen molar-refractivity contribution in [2.75, 3.05) is 26.0 Å². The predicted octanol–water partition coefficient (Wildman–Crippen LogP) is 2.99. The minimum Gasteiger partial charge on any atom is -0.453 e. The lowest BCUT2D eigenvalue weighted by Gasteiger charge is -2.15. The van der Waals surface area contributed by atoms with Gasteiger partial charge in [0.05, 0.1) is 13.2 Å². The van der Waals surface area contributed by atoms with E-state index >= 15 is 0 Å². The molecule has 0 saturated carbocycles. The van der Waals surface area contributed by atoms with Crippen LogP contribution >= 0.6 is 0 Å². The van der Waals surface area contributed by atoms with Gasteiger partial charge in [-0.2, -0.15) is 0 Å². The average Bonchev–Trinajstić information content (AvgIpc) is 2.67. The van der Waals surface area contributed by atoms with Crippen molar-refractivity contribution < 1.29 is 19.4 Å². The maximum Gasteiger partial charge on any atom is 0.409 e. The van der Waals surface area contributed by atoms with E-state index in [2.05, 4.69) is 10.1 Å². The van der Waals surface area contributed by atoms with Crippen molar-refractivity contribution in [2.45, 2.75) is 18.9 Å². The van der Waals surface area contributed by atoms with Gasteiger partial charge in [0.1, 0.15) is 6.54 Å². The zero-order valence-electron chi connectivity index (χ0n) is 15.0. The Balaban J connectivity index is 1.82. The molecule has 0 aromatic heterocycles. The van der Waals surface area contributed by atoms with Crippen molar-refractivity contribution in [3.8, 4) is 0 Å². The SMILES string of the molecule is COC(=O)N(C)CC(=O)Nc1ccc(CC[C@H](O)c2ccccc2)cc1. The molecule has 2 N–H and O–H groups in total. The van der Waals surface area contributed by atoms with Gasteiger partial charge in [-0.15, -0.1) is 0 Å². The minimum absolute atomic E-state index is 0.0856. The fourth-order valence-corrected chi connectivity index (χ4v) is 2.54. The van der Waals surface area contributed by atoms with Gasteiger partial charge in [0, 0.05) is 12.7 Å². The third kappa shape index (κ3) is 5.89. The highest BCUT2D eigenvalue weighted by Gasteiger charge is 2.13. The molecular weight excluding hydrogens is 332 g/mol. The number of rotatable bonds is 7. The Hall–Kier alpha value is -2.86. The molecule has 138 valence electrons. The lowest BCUT2D eigenvalue weighted by atomic mass is 10.0. The number of ether oxygens (including phenoxy) is 1. The van der Waals surface area contributed by atoms with Crippen LogP contribution in [-0.4, -0.2) is 42.7 Å². The molecule has 1 atom stereocenters. The summed E-state index contributed by atoms with van der Waals surface area (Å²) in [5.74, 6) is -0.301. The number of nitrogens with zero attached hydrogens (tertiary/aromatic N) is 1. The Morgan fingerprint density at radius 1 is 1.12 bits per heavy atom. The van der Waals surface area contributed by atoms with E-state index in [1.165, 1.54) is 19.1 Å². The number of benzene rings is 2. The van der Waals surface area contributed by atoms with Gasteiger partial charge >= 0.3 is 6.09 Å². The zero-order valence-corrected chi connectivity index (χ0v) is 15.0. The molecule has 0 bridgehead atoms. The van der Waals surface area contributed by atoms with Crippen LogP contribution in [0.1, 0.15) is 23.7 Å². The number of amides is 2. The van der Waals surface area contributed by atoms with Crippen LogP contribution in [0.2, 0.25) is 0 Å². The summed E-state index contributed by atoms with van der Waals surface area (Å²) < 4.78 is 4.54. The summed E-state index contributed by atoms with van der Waals surface area (Å²) >= 11 is 0. The van der Waals surface area contributed by atoms with Crippen molar-refractivity contribution in [2.24, 2.45) is 0 Å². The second kappa shape index (κ2) is 9.58. The van der Waals surface area contributed by atoms with Crippen LogP contribution in [0.25, 0.3) is 0 Å². The Kier molecular flexibility index (Phi) is 7.17. The molecule has 26 heavy (non-hydrogen) atoms. The Labute approximate surface area is 153 Å². The first-order valence-corrected chi connectivity index (χ1v) is 8.40. The van der Waals surface area contributed by atoms with Gasteiger partial charge in [-0.1, -0.05) is 42.5 Å². The maximum absolute atomic E-state index is 11.9. The first-order chi connectivity index (χ1) is 12.5. The molecule has 0 radical (unpaired) electrons. The quantitative estimate of drug-likeness (QED) is 0.799. The number of anilines is 1. The van der Waals surface area contributed by atoms with Gasteiger partial charge in [0.15, 0.2) is 0 Å². The van der Waals surface area contributed by atoms with Gasteiger partial charge in [-0.25, -0.2) is 4.79 Å². The molecule has 0 aliphatic rings. The number of likely N-dealkylation sites (N-methyl/N-ethyl adjacent to an activating group) is 1. The minimum atomic E-state index is -0.563. The fraction of sp³-hybridized carbons (Fsp3) is 0.300. The smallest absolute Gasteiger partial charge is 0.409 e. The van der Waals surface area contributed by atoms with Crippen molar-refractivity contribution in [1.82, 2.24) is 4.90 Å². The Bertz CT molecular complexity index is 716. The molecule has 0 fully saturated rings. The van der Waals surface area contributed by atoms with Gasteiger partial charge in [-0.3, -0.25) is 4.79 Å². The lowest BCUT2D eigenvalue weighted by molar-refractivity contribution is -0.116. The van der Waals surface area contributed by atoms with E-state index < -0.39 is 12.2 Å². The molecule has 0 heterocycles. The van der Waals surface area contributed by atoms with E-state index in [1.54, 1.807) is 12.1 Å². The van der Waals surface area contributed by atoms with Crippen LogP contribution in [0.15, 0.2) is 54.6 Å². The summed E-state index contributed by atoms with van der Waals surface area (Å²) in [7, 11) is 2.76. The zero-order chi connectivity index (χ0) is 18.9. The summed E-state index contributed by atoms with van der Waals surface area (Å²) in [6, 6.07) is 17.0. The number of aliphatic hydroxyl groups is 1. The fourth-order valence-electron chi connectivity index (χ4n) is 2.54. The van der Waals surface area contributed by atoms with Gasteiger partial charge < -0.3 is 20.1 Å². The highest BCUT2D eigenvalue weighted by atomic mass is 16.5. The van der Waals surface area contributed by atoms with Crippen molar-refractivity contribution in [3.05, 3.63) is 65.7 Å². The average molecular weight is 356 g/mol. The molecule has 0 unspecified atom stereocenters. The van der Waals surface area contributed by atoms with Crippen LogP contribution in [0.3, 0.4) is 0 Å². The molecule has 6 heteroatoms. The number of nitrogens with one attached hydrogen (secondary N) is 1. The van der Waals surface area contributed by atoms with E-state index in [1.807, 2.05) is 42.5 Å². The van der Waals surface area contributed by atoms with Crippen molar-refractivity contribution >= 4 is 17.7 Å². The maximum atomic E-state index is 11.9. The molecule has 2 aromatic carbocycles. The molecule has 6 nitrogen and oxygen atoms in total. The topological polar surface area (TPSA) is 78.9 Å². The van der Waals surface area contributed by atoms with Crippen LogP contribution in [0.5, 0.6) is 0 Å². The van der Waals surface area contributed by atoms with E-state index in [9.17, 15) is 14.7 Å². The van der Waals surface area contributed by atoms with Crippen LogP contribution < -0.4 is 5.32 Å². The Morgan fingerprint density at radius 3 is 2.38 bits per heavy atom. The molecule has 2 amide bonds. The van der Waals surface area contributed by atoms with Gasteiger partial charge in [-0.05, 0) is 36.1 Å². The molecule has 0 aliphatic carbocycles. The van der Waals surface area contributed by atoms with Gasteiger partial charge in [0.25, 0.3) is 0 Å².